The van der Waals surface area contributed by atoms with E-state index in [0.717, 1.165) is 56.1 Å². The van der Waals surface area contributed by atoms with Gasteiger partial charge in [0.15, 0.2) is 11.5 Å². The minimum atomic E-state index is 0.0697. The van der Waals surface area contributed by atoms with Crippen molar-refractivity contribution >= 4 is 17.4 Å². The average molecular weight is 421 g/mol. The van der Waals surface area contributed by atoms with Crippen LogP contribution in [-0.2, 0) is 11.2 Å². The molecule has 0 saturated carbocycles. The number of aromatic nitrogens is 4. The van der Waals surface area contributed by atoms with E-state index in [1.807, 2.05) is 22.7 Å². The number of benzene rings is 1. The van der Waals surface area contributed by atoms with Gasteiger partial charge in [0.25, 0.3) is 0 Å². The molecule has 3 heterocycles. The van der Waals surface area contributed by atoms with Crippen molar-refractivity contribution in [3.05, 3.63) is 53.9 Å². The fourth-order valence-corrected chi connectivity index (χ4v) is 4.16. The number of hydrogen-bond donors (Lipinski definition) is 1. The first kappa shape index (κ1) is 21.3. The predicted octanol–water partition coefficient (Wildman–Crippen LogP) is 3.60. The molecule has 7 heteroatoms. The average Bonchev–Trinajstić information content (AvgIpc) is 3.22. The molecule has 2 aromatic heterocycles. The first-order valence-electron chi connectivity index (χ1n) is 11.3. The monoisotopic (exact) mass is 420 g/mol. The van der Waals surface area contributed by atoms with E-state index in [0.29, 0.717) is 0 Å². The summed E-state index contributed by atoms with van der Waals surface area (Å²) in [5.41, 5.74) is 2.08. The maximum atomic E-state index is 12.8. The van der Waals surface area contributed by atoms with E-state index in [2.05, 4.69) is 65.5 Å². The molecule has 1 aliphatic heterocycles. The van der Waals surface area contributed by atoms with E-state index < -0.39 is 0 Å². The third-order valence-electron chi connectivity index (χ3n) is 6.08. The second-order valence-corrected chi connectivity index (χ2v) is 8.87. The van der Waals surface area contributed by atoms with Gasteiger partial charge in [-0.2, -0.15) is 4.52 Å². The van der Waals surface area contributed by atoms with E-state index in [9.17, 15) is 4.79 Å². The van der Waals surface area contributed by atoms with E-state index >= 15 is 0 Å². The summed E-state index contributed by atoms with van der Waals surface area (Å²) >= 11 is 0. The Hall–Kier alpha value is -2.96. The Morgan fingerprint density at radius 1 is 1.06 bits per heavy atom. The van der Waals surface area contributed by atoms with Crippen molar-refractivity contribution in [2.45, 2.75) is 58.4 Å². The molecule has 164 valence electrons. The number of nitrogens with zero attached hydrogens (tertiary/aromatic N) is 5. The second-order valence-electron chi connectivity index (χ2n) is 8.87. The number of carbonyl (C=O) groups excluding carboxylic acids is 1. The van der Waals surface area contributed by atoms with Crippen molar-refractivity contribution in [2.24, 2.45) is 5.92 Å². The molecular formula is C24H32N6O. The van der Waals surface area contributed by atoms with E-state index in [4.69, 9.17) is 5.10 Å². The summed E-state index contributed by atoms with van der Waals surface area (Å²) in [6, 6.07) is 14.6. The highest BCUT2D eigenvalue weighted by Gasteiger charge is 2.26. The highest BCUT2D eigenvalue weighted by Crippen LogP contribution is 2.23. The lowest BCUT2D eigenvalue weighted by Gasteiger charge is -2.32. The Labute approximate surface area is 183 Å². The van der Waals surface area contributed by atoms with Gasteiger partial charge in [0, 0.05) is 31.0 Å². The van der Waals surface area contributed by atoms with Gasteiger partial charge in [0.05, 0.1) is 0 Å². The van der Waals surface area contributed by atoms with Gasteiger partial charge in [0.2, 0.25) is 5.91 Å². The van der Waals surface area contributed by atoms with Crippen LogP contribution in [0.3, 0.4) is 0 Å². The summed E-state index contributed by atoms with van der Waals surface area (Å²) in [5.74, 6) is 2.31. The Balaban J connectivity index is 1.29. The lowest BCUT2D eigenvalue weighted by Crippen LogP contribution is -2.43. The molecule has 1 amide bonds. The number of nitrogens with one attached hydrogen (secondary N) is 1. The van der Waals surface area contributed by atoms with Gasteiger partial charge in [-0.25, -0.2) is 0 Å². The highest BCUT2D eigenvalue weighted by molar-refractivity contribution is 5.79. The molecule has 1 atom stereocenters. The van der Waals surface area contributed by atoms with E-state index in [1.165, 1.54) is 5.56 Å². The van der Waals surface area contributed by atoms with Crippen LogP contribution in [0.15, 0.2) is 42.5 Å². The van der Waals surface area contributed by atoms with Crippen molar-refractivity contribution in [1.29, 1.82) is 0 Å². The Bertz CT molecular complexity index is 1010. The third kappa shape index (κ3) is 5.03. The van der Waals surface area contributed by atoms with Crippen LogP contribution >= 0.6 is 0 Å². The number of fused-ring (bicyclic) bond motifs is 1. The van der Waals surface area contributed by atoms with Crippen LogP contribution in [0.5, 0.6) is 0 Å². The summed E-state index contributed by atoms with van der Waals surface area (Å²) in [7, 11) is 0. The minimum absolute atomic E-state index is 0.0697. The molecule has 3 aromatic rings. The molecule has 0 radical (unpaired) electrons. The van der Waals surface area contributed by atoms with Gasteiger partial charge < -0.3 is 10.2 Å². The number of carbonyl (C=O) groups is 1. The molecule has 7 nitrogen and oxygen atoms in total. The normalized spacial score (nSPS) is 16.1. The minimum Gasteiger partial charge on any atom is -0.355 e. The molecule has 4 rings (SSSR count). The summed E-state index contributed by atoms with van der Waals surface area (Å²) in [6.07, 6.45) is 3.62. The van der Waals surface area contributed by atoms with Gasteiger partial charge in [-0.3, -0.25) is 4.79 Å². The zero-order chi connectivity index (χ0) is 21.8. The standard InChI is InChI=1S/C24H32N6O/c1-17(2)23-27-26-21-11-12-22(28-30(21)23)29-15-13-20(14-16-29)24(31)25-18(3)9-10-19-7-5-4-6-8-19/h4-8,11-12,17-18,20H,9-10,13-16H2,1-3H3,(H,25,31)/t18-/m1/s1. The Kier molecular flexibility index (Phi) is 6.49. The number of piperidine rings is 1. The number of amides is 1. The largest absolute Gasteiger partial charge is 0.355 e. The summed E-state index contributed by atoms with van der Waals surface area (Å²) in [4.78, 5) is 15.0. The molecule has 1 saturated heterocycles. The quantitative estimate of drug-likeness (QED) is 0.632. The summed E-state index contributed by atoms with van der Waals surface area (Å²) in [5, 5.41) is 16.4. The molecule has 1 N–H and O–H groups in total. The zero-order valence-corrected chi connectivity index (χ0v) is 18.7. The van der Waals surface area contributed by atoms with Crippen LogP contribution in [0.25, 0.3) is 5.65 Å². The van der Waals surface area contributed by atoms with Gasteiger partial charge in [-0.15, -0.1) is 15.3 Å². The predicted molar refractivity (Wildman–Crippen MR) is 122 cm³/mol. The van der Waals surface area contributed by atoms with Gasteiger partial charge in [-0.05, 0) is 50.3 Å². The first-order valence-corrected chi connectivity index (χ1v) is 11.3. The van der Waals surface area contributed by atoms with Crippen molar-refractivity contribution in [1.82, 2.24) is 25.1 Å². The first-order chi connectivity index (χ1) is 15.0. The third-order valence-corrected chi connectivity index (χ3v) is 6.08. The molecule has 0 bridgehead atoms. The van der Waals surface area contributed by atoms with Crippen molar-refractivity contribution in [2.75, 3.05) is 18.0 Å². The molecular weight excluding hydrogens is 388 g/mol. The fraction of sp³-hybridized carbons (Fsp3) is 0.500. The van der Waals surface area contributed by atoms with Gasteiger partial charge in [-0.1, -0.05) is 44.2 Å². The summed E-state index contributed by atoms with van der Waals surface area (Å²) in [6.45, 7) is 7.94. The second kappa shape index (κ2) is 9.45. The molecule has 1 aromatic carbocycles. The van der Waals surface area contributed by atoms with Gasteiger partial charge in [0.1, 0.15) is 5.82 Å². The van der Waals surface area contributed by atoms with Crippen LogP contribution in [0.2, 0.25) is 0 Å². The SMILES string of the molecule is CC(C)c1nnc2ccc(N3CCC(C(=O)N[C@H](C)CCc4ccccc4)CC3)nn12. The lowest BCUT2D eigenvalue weighted by molar-refractivity contribution is -0.126. The van der Waals surface area contributed by atoms with Gasteiger partial charge >= 0.3 is 0 Å². The van der Waals surface area contributed by atoms with Crippen LogP contribution in [0.1, 0.15) is 57.3 Å². The molecule has 0 spiro atoms. The number of hydrogen-bond acceptors (Lipinski definition) is 5. The fourth-order valence-electron chi connectivity index (χ4n) is 4.16. The lowest BCUT2D eigenvalue weighted by atomic mass is 9.95. The molecule has 0 unspecified atom stereocenters. The Morgan fingerprint density at radius 2 is 1.81 bits per heavy atom. The van der Waals surface area contributed by atoms with Crippen LogP contribution in [0.4, 0.5) is 5.82 Å². The smallest absolute Gasteiger partial charge is 0.223 e. The zero-order valence-electron chi connectivity index (χ0n) is 18.7. The van der Waals surface area contributed by atoms with E-state index in [1.54, 1.807) is 0 Å². The maximum absolute atomic E-state index is 12.8. The topological polar surface area (TPSA) is 75.4 Å². The van der Waals surface area contributed by atoms with Crippen LogP contribution < -0.4 is 10.2 Å². The molecule has 31 heavy (non-hydrogen) atoms. The Morgan fingerprint density at radius 3 is 2.52 bits per heavy atom. The molecule has 0 aliphatic carbocycles. The number of anilines is 1. The number of rotatable bonds is 7. The van der Waals surface area contributed by atoms with Crippen LogP contribution in [-0.4, -0.2) is 44.8 Å². The summed E-state index contributed by atoms with van der Waals surface area (Å²) < 4.78 is 1.84. The maximum Gasteiger partial charge on any atom is 0.223 e. The highest BCUT2D eigenvalue weighted by atomic mass is 16.1. The number of aryl methyl sites for hydroxylation is 1. The van der Waals surface area contributed by atoms with Crippen LogP contribution in [0, 0.1) is 5.92 Å². The van der Waals surface area contributed by atoms with Crippen molar-refractivity contribution in [3.63, 3.8) is 0 Å². The van der Waals surface area contributed by atoms with E-state index in [-0.39, 0.29) is 23.8 Å². The van der Waals surface area contributed by atoms with Crippen molar-refractivity contribution in [3.8, 4) is 0 Å². The molecule has 1 aliphatic rings. The molecule has 1 fully saturated rings. The van der Waals surface area contributed by atoms with Crippen molar-refractivity contribution < 1.29 is 4.79 Å².